The van der Waals surface area contributed by atoms with Crippen LogP contribution in [0.1, 0.15) is 51.0 Å². The molecule has 6 rings (SSSR count). The van der Waals surface area contributed by atoms with Gasteiger partial charge in [0.1, 0.15) is 0 Å². The molecule has 2 aromatic carbocycles. The maximum Gasteiger partial charge on any atom is 0.317 e. The van der Waals surface area contributed by atoms with Crippen molar-refractivity contribution in [1.82, 2.24) is 0 Å². The Kier molecular flexibility index (Phi) is 5.10. The fraction of sp³-hybridized carbons (Fsp3) is 0.462. The van der Waals surface area contributed by atoms with Crippen molar-refractivity contribution in [3.05, 3.63) is 54.1 Å². The molecule has 30 heavy (non-hydrogen) atoms. The van der Waals surface area contributed by atoms with E-state index in [9.17, 15) is 4.79 Å². The van der Waals surface area contributed by atoms with Gasteiger partial charge in [-0.25, -0.2) is 0 Å². The number of hydrogen-bond acceptors (Lipinski definition) is 4. The first-order chi connectivity index (χ1) is 14.6. The summed E-state index contributed by atoms with van der Waals surface area (Å²) in [5, 5.41) is 0. The van der Waals surface area contributed by atoms with Gasteiger partial charge in [0.2, 0.25) is 0 Å². The number of nitrogens with zero attached hydrogens (tertiary/aromatic N) is 1. The summed E-state index contributed by atoms with van der Waals surface area (Å²) in [4.78, 5) is 17.8. The van der Waals surface area contributed by atoms with E-state index in [1.165, 1.54) is 19.3 Å². The Bertz CT molecular complexity index is 915. The van der Waals surface area contributed by atoms with Crippen LogP contribution in [0, 0.1) is 23.2 Å². The molecule has 2 aromatic rings. The Morgan fingerprint density at radius 1 is 1.00 bits per heavy atom. The first kappa shape index (κ1) is 19.3. The van der Waals surface area contributed by atoms with Gasteiger partial charge in [-0.3, -0.25) is 9.79 Å². The van der Waals surface area contributed by atoms with Crippen molar-refractivity contribution < 1.29 is 14.3 Å². The SMILES string of the molecule is CCOc1cc(C=Nc2ccccc2)ccc1OC(=O)C12CC3CC(CC(C3)C1)C2. The van der Waals surface area contributed by atoms with Crippen LogP contribution in [-0.2, 0) is 4.79 Å². The van der Waals surface area contributed by atoms with Crippen LogP contribution < -0.4 is 9.47 Å². The molecule has 0 N–H and O–H groups in total. The lowest BCUT2D eigenvalue weighted by molar-refractivity contribution is -0.161. The molecule has 156 valence electrons. The summed E-state index contributed by atoms with van der Waals surface area (Å²) >= 11 is 0. The second kappa shape index (κ2) is 7.90. The van der Waals surface area contributed by atoms with Gasteiger partial charge in [0.15, 0.2) is 11.5 Å². The molecular weight excluding hydrogens is 374 g/mol. The van der Waals surface area contributed by atoms with Gasteiger partial charge in [-0.2, -0.15) is 0 Å². The summed E-state index contributed by atoms with van der Waals surface area (Å²) < 4.78 is 11.8. The van der Waals surface area contributed by atoms with Gasteiger partial charge < -0.3 is 9.47 Å². The monoisotopic (exact) mass is 403 g/mol. The van der Waals surface area contributed by atoms with Crippen LogP contribution >= 0.6 is 0 Å². The molecule has 4 fully saturated rings. The molecular formula is C26H29NO3. The molecule has 0 aromatic heterocycles. The largest absolute Gasteiger partial charge is 0.490 e. The quantitative estimate of drug-likeness (QED) is 0.340. The van der Waals surface area contributed by atoms with Crippen molar-refractivity contribution in [1.29, 1.82) is 0 Å². The maximum absolute atomic E-state index is 13.3. The molecule has 0 saturated heterocycles. The number of ether oxygens (including phenoxy) is 2. The molecule has 4 bridgehead atoms. The lowest BCUT2D eigenvalue weighted by atomic mass is 9.49. The van der Waals surface area contributed by atoms with Crippen LogP contribution in [0.5, 0.6) is 11.5 Å². The molecule has 4 heteroatoms. The zero-order chi connectivity index (χ0) is 20.6. The summed E-state index contributed by atoms with van der Waals surface area (Å²) in [5.41, 5.74) is 1.54. The van der Waals surface area contributed by atoms with Crippen LogP contribution in [0.3, 0.4) is 0 Å². The van der Waals surface area contributed by atoms with Crippen LogP contribution in [0.2, 0.25) is 0 Å². The summed E-state index contributed by atoms with van der Waals surface area (Å²) in [6, 6.07) is 15.5. The Morgan fingerprint density at radius 2 is 1.67 bits per heavy atom. The standard InChI is InChI=1S/C26H29NO3/c1-2-29-24-13-18(17-27-22-6-4-3-5-7-22)8-9-23(24)30-25(28)26-14-19-10-20(15-26)12-21(11-19)16-26/h3-9,13,17,19-21H,2,10-12,14-16H2,1H3. The van der Waals surface area contributed by atoms with Crippen molar-refractivity contribution in [3.63, 3.8) is 0 Å². The average molecular weight is 404 g/mol. The second-order valence-corrected chi connectivity index (χ2v) is 9.32. The minimum atomic E-state index is -0.272. The molecule has 0 radical (unpaired) electrons. The third-order valence-electron chi connectivity index (χ3n) is 7.06. The molecule has 0 amide bonds. The Morgan fingerprint density at radius 3 is 2.30 bits per heavy atom. The van der Waals surface area contributed by atoms with E-state index in [2.05, 4.69) is 4.99 Å². The van der Waals surface area contributed by atoms with E-state index in [-0.39, 0.29) is 11.4 Å². The Balaban J connectivity index is 1.35. The van der Waals surface area contributed by atoms with Gasteiger partial charge in [0.05, 0.1) is 17.7 Å². The topological polar surface area (TPSA) is 47.9 Å². The number of hydrogen-bond donors (Lipinski definition) is 0. The summed E-state index contributed by atoms with van der Waals surface area (Å²) in [6.45, 7) is 2.45. The van der Waals surface area contributed by atoms with E-state index < -0.39 is 0 Å². The lowest BCUT2D eigenvalue weighted by Gasteiger charge is -2.55. The number of rotatable bonds is 6. The number of para-hydroxylation sites is 1. The van der Waals surface area contributed by atoms with E-state index in [0.717, 1.165) is 30.5 Å². The predicted octanol–water partition coefficient (Wildman–Crippen LogP) is 5.96. The van der Waals surface area contributed by atoms with E-state index in [1.54, 1.807) is 0 Å². The third-order valence-corrected chi connectivity index (χ3v) is 7.06. The van der Waals surface area contributed by atoms with Gasteiger partial charge >= 0.3 is 5.97 Å². The third kappa shape index (κ3) is 3.76. The van der Waals surface area contributed by atoms with Crippen LogP contribution in [-0.4, -0.2) is 18.8 Å². The number of carbonyl (C=O) groups is 1. The second-order valence-electron chi connectivity index (χ2n) is 9.32. The van der Waals surface area contributed by atoms with Crippen molar-refractivity contribution in [2.75, 3.05) is 6.61 Å². The summed E-state index contributed by atoms with van der Waals surface area (Å²) in [5.74, 6) is 3.22. The van der Waals surface area contributed by atoms with E-state index in [4.69, 9.17) is 9.47 Å². The molecule has 0 heterocycles. The number of carbonyl (C=O) groups excluding carboxylic acids is 1. The first-order valence-electron chi connectivity index (χ1n) is 11.2. The fourth-order valence-electron chi connectivity index (χ4n) is 6.19. The van der Waals surface area contributed by atoms with Crippen LogP contribution in [0.4, 0.5) is 5.69 Å². The first-order valence-corrected chi connectivity index (χ1v) is 11.2. The van der Waals surface area contributed by atoms with Gasteiger partial charge in [0.25, 0.3) is 0 Å². The minimum absolute atomic E-state index is 0.0479. The molecule has 4 saturated carbocycles. The highest BCUT2D eigenvalue weighted by molar-refractivity contribution is 5.84. The predicted molar refractivity (Wildman–Crippen MR) is 118 cm³/mol. The molecule has 4 aliphatic carbocycles. The lowest BCUT2D eigenvalue weighted by Crippen LogP contribution is -2.51. The highest BCUT2D eigenvalue weighted by atomic mass is 16.6. The molecule has 0 atom stereocenters. The smallest absolute Gasteiger partial charge is 0.317 e. The highest BCUT2D eigenvalue weighted by Gasteiger charge is 2.55. The zero-order valence-corrected chi connectivity index (χ0v) is 17.5. The molecule has 4 nitrogen and oxygen atoms in total. The average Bonchev–Trinajstić information content (AvgIpc) is 2.74. The molecule has 0 spiro atoms. The number of aliphatic imine (C=N–C) groups is 1. The van der Waals surface area contributed by atoms with E-state index >= 15 is 0 Å². The van der Waals surface area contributed by atoms with Crippen molar-refractivity contribution in [2.45, 2.75) is 45.4 Å². The van der Waals surface area contributed by atoms with Gasteiger partial charge in [0, 0.05) is 6.21 Å². The van der Waals surface area contributed by atoms with Crippen LogP contribution in [0.15, 0.2) is 53.5 Å². The van der Waals surface area contributed by atoms with Gasteiger partial charge in [-0.15, -0.1) is 0 Å². The van der Waals surface area contributed by atoms with E-state index in [1.807, 2.05) is 61.7 Å². The van der Waals surface area contributed by atoms with Crippen molar-refractivity contribution in [3.8, 4) is 11.5 Å². The zero-order valence-electron chi connectivity index (χ0n) is 17.5. The van der Waals surface area contributed by atoms with E-state index in [0.29, 0.717) is 35.9 Å². The van der Waals surface area contributed by atoms with Crippen molar-refractivity contribution >= 4 is 17.9 Å². The Labute approximate surface area is 178 Å². The highest BCUT2D eigenvalue weighted by Crippen LogP contribution is 2.60. The Hall–Kier alpha value is -2.62. The molecule has 4 aliphatic rings. The normalized spacial score (nSPS) is 29.3. The van der Waals surface area contributed by atoms with Crippen LogP contribution in [0.25, 0.3) is 0 Å². The minimum Gasteiger partial charge on any atom is -0.490 e. The number of esters is 1. The van der Waals surface area contributed by atoms with Gasteiger partial charge in [-0.1, -0.05) is 18.2 Å². The van der Waals surface area contributed by atoms with Gasteiger partial charge in [-0.05, 0) is 99.1 Å². The number of benzene rings is 2. The van der Waals surface area contributed by atoms with Crippen molar-refractivity contribution in [2.24, 2.45) is 28.2 Å². The summed E-state index contributed by atoms with van der Waals surface area (Å²) in [7, 11) is 0. The maximum atomic E-state index is 13.3. The molecule has 0 aliphatic heterocycles. The summed E-state index contributed by atoms with van der Waals surface area (Å²) in [6.07, 6.45) is 8.75. The molecule has 0 unspecified atom stereocenters. The fourth-order valence-corrected chi connectivity index (χ4v) is 6.19.